The maximum absolute atomic E-state index is 12.0. The van der Waals surface area contributed by atoms with Crippen molar-refractivity contribution in [3.8, 4) is 0 Å². The lowest BCUT2D eigenvalue weighted by Gasteiger charge is -2.16. The van der Waals surface area contributed by atoms with E-state index in [1.807, 2.05) is 13.0 Å². The molecule has 0 unspecified atom stereocenters. The Labute approximate surface area is 117 Å². The second-order valence-electron chi connectivity index (χ2n) is 4.78. The highest BCUT2D eigenvalue weighted by atomic mass is 32.1. The van der Waals surface area contributed by atoms with Gasteiger partial charge < -0.3 is 20.1 Å². The van der Waals surface area contributed by atoms with E-state index in [1.54, 1.807) is 6.20 Å². The molecule has 8 heteroatoms. The van der Waals surface area contributed by atoms with E-state index in [-0.39, 0.29) is 0 Å². The van der Waals surface area contributed by atoms with Gasteiger partial charge in [-0.3, -0.25) is 4.57 Å². The fraction of sp³-hybridized carbons (Fsp3) is 0.500. The van der Waals surface area contributed by atoms with Crippen LogP contribution in [-0.2, 0) is 4.74 Å². The fourth-order valence-corrected chi connectivity index (χ4v) is 3.19. The summed E-state index contributed by atoms with van der Waals surface area (Å²) in [5, 5.41) is 29.5. The molecule has 0 amide bonds. The zero-order valence-electron chi connectivity index (χ0n) is 10.6. The molecular formula is C12H14N2O5S. The number of aromatic nitrogens is 2. The molecule has 1 aliphatic rings. The van der Waals surface area contributed by atoms with Crippen LogP contribution in [0.4, 0.5) is 0 Å². The Morgan fingerprint density at radius 2 is 2.20 bits per heavy atom. The number of aliphatic hydroxyl groups is 3. The van der Waals surface area contributed by atoms with Gasteiger partial charge in [-0.05, 0) is 13.0 Å². The molecule has 0 saturated carbocycles. The van der Waals surface area contributed by atoms with Crippen LogP contribution in [0, 0.1) is 6.92 Å². The van der Waals surface area contributed by atoms with Crippen molar-refractivity contribution in [3.05, 3.63) is 27.6 Å². The molecule has 20 heavy (non-hydrogen) atoms. The first kappa shape index (κ1) is 13.7. The number of fused-ring (bicyclic) bond motifs is 1. The van der Waals surface area contributed by atoms with E-state index in [0.29, 0.717) is 4.83 Å². The second kappa shape index (κ2) is 4.90. The number of aryl methyl sites for hydroxylation is 1. The van der Waals surface area contributed by atoms with Gasteiger partial charge in [-0.15, -0.1) is 11.3 Å². The fourth-order valence-electron chi connectivity index (χ4n) is 2.34. The van der Waals surface area contributed by atoms with E-state index < -0.39 is 36.8 Å². The van der Waals surface area contributed by atoms with E-state index in [4.69, 9.17) is 9.84 Å². The molecular weight excluding hydrogens is 284 g/mol. The molecule has 3 rings (SSSR count). The highest BCUT2D eigenvalue weighted by Crippen LogP contribution is 2.29. The van der Waals surface area contributed by atoms with Crippen LogP contribution in [0.3, 0.4) is 0 Å². The normalized spacial score (nSPS) is 30.2. The van der Waals surface area contributed by atoms with Gasteiger partial charge >= 0.3 is 5.69 Å². The Hall–Kier alpha value is -1.32. The Balaban J connectivity index is 2.06. The zero-order chi connectivity index (χ0) is 14.4. The lowest BCUT2D eigenvalue weighted by atomic mass is 10.1. The topological polar surface area (TPSA) is 105 Å². The Morgan fingerprint density at radius 3 is 2.85 bits per heavy atom. The van der Waals surface area contributed by atoms with Crippen LogP contribution in [0.5, 0.6) is 0 Å². The van der Waals surface area contributed by atoms with E-state index in [1.165, 1.54) is 11.3 Å². The summed E-state index contributed by atoms with van der Waals surface area (Å²) in [6.45, 7) is 1.48. The third-order valence-electron chi connectivity index (χ3n) is 3.35. The summed E-state index contributed by atoms with van der Waals surface area (Å²) in [7, 11) is 0. The van der Waals surface area contributed by atoms with Gasteiger partial charge in [0.05, 0.1) is 6.61 Å². The third kappa shape index (κ3) is 2.05. The lowest BCUT2D eigenvalue weighted by molar-refractivity contribution is -0.0547. The van der Waals surface area contributed by atoms with Crippen molar-refractivity contribution in [2.24, 2.45) is 0 Å². The van der Waals surface area contributed by atoms with Crippen molar-refractivity contribution in [3.63, 3.8) is 0 Å². The summed E-state index contributed by atoms with van der Waals surface area (Å²) in [4.78, 5) is 17.6. The Bertz CT molecular complexity index is 697. The SMILES string of the molecule is Cc1cc2cn([C@@H]3O[C@H](CO)[C@@H](O)[C@H]3O)c(=O)nc2s1. The molecule has 0 aliphatic carbocycles. The highest BCUT2D eigenvalue weighted by molar-refractivity contribution is 7.18. The average molecular weight is 298 g/mol. The predicted molar refractivity (Wildman–Crippen MR) is 71.6 cm³/mol. The Kier molecular flexibility index (Phi) is 3.35. The van der Waals surface area contributed by atoms with Gasteiger partial charge in [0.15, 0.2) is 6.23 Å². The molecule has 2 aromatic rings. The monoisotopic (exact) mass is 298 g/mol. The van der Waals surface area contributed by atoms with Gasteiger partial charge in [0.25, 0.3) is 0 Å². The van der Waals surface area contributed by atoms with Gasteiger partial charge in [0, 0.05) is 16.5 Å². The molecule has 1 fully saturated rings. The molecule has 0 bridgehead atoms. The Morgan fingerprint density at radius 1 is 1.45 bits per heavy atom. The number of rotatable bonds is 2. The van der Waals surface area contributed by atoms with E-state index >= 15 is 0 Å². The molecule has 0 spiro atoms. The molecule has 1 aliphatic heterocycles. The van der Waals surface area contributed by atoms with Crippen molar-refractivity contribution in [2.45, 2.75) is 31.5 Å². The molecule has 4 atom stereocenters. The quantitative estimate of drug-likeness (QED) is 0.682. The van der Waals surface area contributed by atoms with Crippen LogP contribution in [0.2, 0.25) is 0 Å². The molecule has 0 aromatic carbocycles. The molecule has 1 saturated heterocycles. The zero-order valence-corrected chi connectivity index (χ0v) is 11.4. The van der Waals surface area contributed by atoms with Crippen LogP contribution in [-0.4, -0.2) is 49.8 Å². The molecule has 7 nitrogen and oxygen atoms in total. The molecule has 3 heterocycles. The van der Waals surface area contributed by atoms with Gasteiger partial charge in [0.1, 0.15) is 23.1 Å². The maximum atomic E-state index is 12.0. The summed E-state index contributed by atoms with van der Waals surface area (Å²) in [6, 6.07) is 1.88. The number of hydrogen-bond acceptors (Lipinski definition) is 7. The van der Waals surface area contributed by atoms with Crippen LogP contribution >= 0.6 is 11.3 Å². The number of hydrogen-bond donors (Lipinski definition) is 3. The van der Waals surface area contributed by atoms with E-state index in [9.17, 15) is 15.0 Å². The van der Waals surface area contributed by atoms with Gasteiger partial charge in [0.2, 0.25) is 0 Å². The standard InChI is InChI=1S/C12H14N2O5S/c1-5-2-6-3-14(12(18)13-10(6)20-5)11-9(17)8(16)7(4-15)19-11/h2-3,7-9,11,15-17H,4H2,1H3/t7-,8-,9-,11-/m1/s1. The van der Waals surface area contributed by atoms with Crippen molar-refractivity contribution < 1.29 is 20.1 Å². The minimum atomic E-state index is -1.29. The number of aliphatic hydroxyl groups excluding tert-OH is 3. The van der Waals surface area contributed by atoms with Crippen LogP contribution in [0.25, 0.3) is 10.2 Å². The lowest BCUT2D eigenvalue weighted by Crippen LogP contribution is -2.35. The minimum absolute atomic E-state index is 0.434. The number of thiophene rings is 1. The summed E-state index contributed by atoms with van der Waals surface area (Å²) in [5.74, 6) is 0. The second-order valence-corrected chi connectivity index (χ2v) is 6.01. The summed E-state index contributed by atoms with van der Waals surface area (Å²) < 4.78 is 6.48. The van der Waals surface area contributed by atoms with Crippen molar-refractivity contribution in [2.75, 3.05) is 6.61 Å². The van der Waals surface area contributed by atoms with Gasteiger partial charge in [-0.25, -0.2) is 4.79 Å². The molecule has 0 radical (unpaired) electrons. The van der Waals surface area contributed by atoms with Crippen molar-refractivity contribution >= 4 is 21.6 Å². The van der Waals surface area contributed by atoms with E-state index in [0.717, 1.165) is 14.8 Å². The van der Waals surface area contributed by atoms with Crippen molar-refractivity contribution in [1.29, 1.82) is 0 Å². The molecule has 2 aromatic heterocycles. The third-order valence-corrected chi connectivity index (χ3v) is 4.31. The predicted octanol–water partition coefficient (Wildman–Crippen LogP) is -0.622. The van der Waals surface area contributed by atoms with Crippen LogP contribution < -0.4 is 5.69 Å². The largest absolute Gasteiger partial charge is 0.394 e. The maximum Gasteiger partial charge on any atom is 0.351 e. The average Bonchev–Trinajstić information content (AvgIpc) is 2.89. The summed E-state index contributed by atoms with van der Waals surface area (Å²) in [6.07, 6.45) is -2.94. The first-order valence-corrected chi connectivity index (χ1v) is 6.94. The number of nitrogens with zero attached hydrogens (tertiary/aromatic N) is 2. The molecule has 3 N–H and O–H groups in total. The van der Waals surface area contributed by atoms with Gasteiger partial charge in [-0.1, -0.05) is 0 Å². The summed E-state index contributed by atoms with van der Waals surface area (Å²) >= 11 is 1.41. The van der Waals surface area contributed by atoms with Crippen LogP contribution in [0.15, 0.2) is 17.1 Å². The highest BCUT2D eigenvalue weighted by Gasteiger charge is 2.43. The van der Waals surface area contributed by atoms with E-state index in [2.05, 4.69) is 4.98 Å². The minimum Gasteiger partial charge on any atom is -0.394 e. The van der Waals surface area contributed by atoms with Crippen LogP contribution in [0.1, 0.15) is 11.1 Å². The van der Waals surface area contributed by atoms with Gasteiger partial charge in [-0.2, -0.15) is 4.98 Å². The van der Waals surface area contributed by atoms with Crippen molar-refractivity contribution in [1.82, 2.24) is 9.55 Å². The molecule has 108 valence electrons. The first-order chi connectivity index (χ1) is 9.51. The smallest absolute Gasteiger partial charge is 0.351 e. The first-order valence-electron chi connectivity index (χ1n) is 6.13. The summed E-state index contributed by atoms with van der Waals surface area (Å²) in [5.41, 5.74) is -0.561. The number of ether oxygens (including phenoxy) is 1.